The van der Waals surface area contributed by atoms with Crippen molar-refractivity contribution in [2.75, 3.05) is 6.54 Å². The molecule has 0 saturated carbocycles. The third-order valence-corrected chi connectivity index (χ3v) is 4.65. The molecule has 1 aliphatic carbocycles. The molecule has 0 aromatic carbocycles. The van der Waals surface area contributed by atoms with Crippen molar-refractivity contribution in [2.24, 2.45) is 0 Å². The van der Waals surface area contributed by atoms with Gasteiger partial charge in [0.15, 0.2) is 0 Å². The van der Waals surface area contributed by atoms with E-state index in [2.05, 4.69) is 18.3 Å². The third kappa shape index (κ3) is 3.30. The Morgan fingerprint density at radius 3 is 3.00 bits per heavy atom. The fourth-order valence-corrected chi connectivity index (χ4v) is 3.51. The Bertz CT molecular complexity index is 377. The number of carboxylic acids is 1. The zero-order valence-corrected chi connectivity index (χ0v) is 11.0. The summed E-state index contributed by atoms with van der Waals surface area (Å²) in [4.78, 5) is 13.3. The van der Waals surface area contributed by atoms with Crippen LogP contribution in [0.5, 0.6) is 0 Å². The maximum absolute atomic E-state index is 10.4. The second kappa shape index (κ2) is 5.65. The topological polar surface area (TPSA) is 49.3 Å². The summed E-state index contributed by atoms with van der Waals surface area (Å²) in [6.45, 7) is 2.65. The number of nitrogens with one attached hydrogen (secondary N) is 1. The summed E-state index contributed by atoms with van der Waals surface area (Å²) in [5.74, 6) is -0.741. The summed E-state index contributed by atoms with van der Waals surface area (Å²) in [6.07, 6.45) is 5.25. The van der Waals surface area contributed by atoms with Gasteiger partial charge >= 0.3 is 5.97 Å². The fourth-order valence-electron chi connectivity index (χ4n) is 2.22. The molecule has 0 aliphatic heterocycles. The van der Waals surface area contributed by atoms with Gasteiger partial charge in [-0.1, -0.05) is 0 Å². The van der Waals surface area contributed by atoms with Gasteiger partial charge in [0.05, 0.1) is 6.42 Å². The smallest absolute Gasteiger partial charge is 0.304 e. The van der Waals surface area contributed by atoms with E-state index < -0.39 is 5.97 Å². The molecule has 94 valence electrons. The molecule has 1 heterocycles. The van der Waals surface area contributed by atoms with E-state index >= 15 is 0 Å². The number of carbonyl (C=O) groups is 1. The van der Waals surface area contributed by atoms with Crippen LogP contribution in [0.3, 0.4) is 0 Å². The van der Waals surface area contributed by atoms with Crippen LogP contribution in [0.4, 0.5) is 0 Å². The highest BCUT2D eigenvalue weighted by atomic mass is 32.1. The van der Waals surface area contributed by atoms with Crippen molar-refractivity contribution in [3.63, 3.8) is 0 Å². The first-order valence-electron chi connectivity index (χ1n) is 6.23. The van der Waals surface area contributed by atoms with Crippen molar-refractivity contribution in [2.45, 2.75) is 45.1 Å². The molecule has 0 saturated heterocycles. The minimum atomic E-state index is -0.741. The third-order valence-electron chi connectivity index (χ3n) is 3.23. The largest absolute Gasteiger partial charge is 0.481 e. The van der Waals surface area contributed by atoms with Gasteiger partial charge in [-0.25, -0.2) is 0 Å². The second-order valence-electron chi connectivity index (χ2n) is 4.62. The van der Waals surface area contributed by atoms with Crippen LogP contribution in [-0.4, -0.2) is 17.6 Å². The summed E-state index contributed by atoms with van der Waals surface area (Å²) in [7, 11) is 0. The minimum Gasteiger partial charge on any atom is -0.481 e. The first kappa shape index (κ1) is 12.6. The first-order chi connectivity index (χ1) is 8.16. The van der Waals surface area contributed by atoms with E-state index in [0.29, 0.717) is 6.54 Å². The summed E-state index contributed by atoms with van der Waals surface area (Å²) in [5, 5.41) is 11.9. The minimum absolute atomic E-state index is 0.190. The summed E-state index contributed by atoms with van der Waals surface area (Å²) >= 11 is 1.89. The lowest BCUT2D eigenvalue weighted by molar-refractivity contribution is -0.136. The van der Waals surface area contributed by atoms with Crippen molar-refractivity contribution in [1.82, 2.24) is 5.32 Å². The number of aliphatic carboxylic acids is 1. The van der Waals surface area contributed by atoms with E-state index in [1.165, 1.54) is 41.0 Å². The van der Waals surface area contributed by atoms with Crippen LogP contribution in [0.15, 0.2) is 6.07 Å². The predicted octanol–water partition coefficient (Wildman–Crippen LogP) is 2.75. The lowest BCUT2D eigenvalue weighted by atomic mass is 9.99. The van der Waals surface area contributed by atoms with Gasteiger partial charge in [-0.2, -0.15) is 0 Å². The Balaban J connectivity index is 1.92. The Hall–Kier alpha value is -0.870. The number of aryl methyl sites for hydroxylation is 2. The van der Waals surface area contributed by atoms with Crippen molar-refractivity contribution in [1.29, 1.82) is 0 Å². The summed E-state index contributed by atoms with van der Waals surface area (Å²) in [6, 6.07) is 2.57. The first-order valence-corrected chi connectivity index (χ1v) is 7.05. The Kier molecular flexibility index (Phi) is 4.18. The van der Waals surface area contributed by atoms with Crippen molar-refractivity contribution >= 4 is 17.3 Å². The molecule has 3 nitrogen and oxygen atoms in total. The van der Waals surface area contributed by atoms with E-state index in [1.807, 2.05) is 11.3 Å². The molecule has 1 aromatic rings. The molecule has 1 aromatic heterocycles. The van der Waals surface area contributed by atoms with E-state index in [-0.39, 0.29) is 12.5 Å². The van der Waals surface area contributed by atoms with Gasteiger partial charge in [-0.3, -0.25) is 4.79 Å². The maximum Gasteiger partial charge on any atom is 0.304 e. The number of fused-ring (bicyclic) bond motifs is 1. The highest BCUT2D eigenvalue weighted by molar-refractivity contribution is 7.12. The number of rotatable bonds is 5. The number of hydrogen-bond acceptors (Lipinski definition) is 3. The SMILES string of the molecule is CC(NCCC(=O)O)c1cc2c(s1)CCCC2. The van der Waals surface area contributed by atoms with E-state index in [0.717, 1.165) is 0 Å². The van der Waals surface area contributed by atoms with Crippen molar-refractivity contribution < 1.29 is 9.90 Å². The standard InChI is InChI=1S/C13H19NO2S/c1-9(14-7-6-13(15)16)12-8-10-4-2-3-5-11(10)17-12/h8-9,14H,2-7H2,1H3,(H,15,16). The molecule has 2 rings (SSSR count). The molecule has 4 heteroatoms. The summed E-state index contributed by atoms with van der Waals surface area (Å²) < 4.78 is 0. The Morgan fingerprint density at radius 2 is 2.29 bits per heavy atom. The molecule has 2 N–H and O–H groups in total. The number of hydrogen-bond donors (Lipinski definition) is 2. The fraction of sp³-hybridized carbons (Fsp3) is 0.615. The second-order valence-corrected chi connectivity index (χ2v) is 5.79. The van der Waals surface area contributed by atoms with Crippen LogP contribution < -0.4 is 5.32 Å². The van der Waals surface area contributed by atoms with Crippen molar-refractivity contribution in [3.05, 3.63) is 21.4 Å². The average molecular weight is 253 g/mol. The molecular weight excluding hydrogens is 234 g/mol. The molecule has 0 amide bonds. The molecule has 0 bridgehead atoms. The van der Waals surface area contributed by atoms with E-state index in [1.54, 1.807) is 0 Å². The molecule has 1 atom stereocenters. The lowest BCUT2D eigenvalue weighted by Crippen LogP contribution is -2.21. The van der Waals surface area contributed by atoms with E-state index in [4.69, 9.17) is 5.11 Å². The highest BCUT2D eigenvalue weighted by Crippen LogP contribution is 2.32. The average Bonchev–Trinajstić information content (AvgIpc) is 2.71. The summed E-state index contributed by atoms with van der Waals surface area (Å²) in [5.41, 5.74) is 1.52. The number of thiophene rings is 1. The lowest BCUT2D eigenvalue weighted by Gasteiger charge is -2.10. The number of carboxylic acid groups (broad SMARTS) is 1. The molecule has 1 unspecified atom stereocenters. The van der Waals surface area contributed by atoms with Gasteiger partial charge in [0, 0.05) is 22.3 Å². The molecule has 0 spiro atoms. The van der Waals surface area contributed by atoms with Gasteiger partial charge < -0.3 is 10.4 Å². The monoisotopic (exact) mass is 253 g/mol. The van der Waals surface area contributed by atoms with Gasteiger partial charge in [0.1, 0.15) is 0 Å². The molecule has 0 radical (unpaired) electrons. The van der Waals surface area contributed by atoms with Gasteiger partial charge in [0.2, 0.25) is 0 Å². The maximum atomic E-state index is 10.4. The van der Waals surface area contributed by atoms with Gasteiger partial charge in [-0.05, 0) is 44.2 Å². The quantitative estimate of drug-likeness (QED) is 0.848. The van der Waals surface area contributed by atoms with Crippen LogP contribution >= 0.6 is 11.3 Å². The van der Waals surface area contributed by atoms with Crippen LogP contribution in [0.25, 0.3) is 0 Å². The van der Waals surface area contributed by atoms with Crippen LogP contribution in [0.1, 0.15) is 47.5 Å². The molecule has 0 fully saturated rings. The Labute approximate surface area is 106 Å². The zero-order valence-electron chi connectivity index (χ0n) is 10.2. The molecule has 17 heavy (non-hydrogen) atoms. The van der Waals surface area contributed by atoms with Crippen molar-refractivity contribution in [3.8, 4) is 0 Å². The van der Waals surface area contributed by atoms with Gasteiger partial charge in [-0.15, -0.1) is 11.3 Å². The van der Waals surface area contributed by atoms with Crippen LogP contribution in [-0.2, 0) is 17.6 Å². The van der Waals surface area contributed by atoms with Crippen LogP contribution in [0.2, 0.25) is 0 Å². The highest BCUT2D eigenvalue weighted by Gasteiger charge is 2.16. The predicted molar refractivity (Wildman–Crippen MR) is 69.6 cm³/mol. The Morgan fingerprint density at radius 1 is 1.53 bits per heavy atom. The molecule has 1 aliphatic rings. The van der Waals surface area contributed by atoms with Gasteiger partial charge in [0.25, 0.3) is 0 Å². The van der Waals surface area contributed by atoms with Crippen LogP contribution in [0, 0.1) is 0 Å². The molecular formula is C13H19NO2S. The normalized spacial score (nSPS) is 16.5. The zero-order chi connectivity index (χ0) is 12.3. The van der Waals surface area contributed by atoms with E-state index in [9.17, 15) is 4.79 Å².